The molecule has 2 fully saturated rings. The molecule has 0 bridgehead atoms. The Morgan fingerprint density at radius 2 is 1.64 bits per heavy atom. The van der Waals surface area contributed by atoms with Crippen molar-refractivity contribution in [2.45, 2.75) is 25.7 Å². The number of benzene rings is 2. The normalized spacial score (nSPS) is 21.0. The molecule has 2 aliphatic heterocycles. The predicted molar refractivity (Wildman–Crippen MR) is 115 cm³/mol. The van der Waals surface area contributed by atoms with Crippen LogP contribution in [0.15, 0.2) is 48.5 Å². The number of piperidine rings is 1. The smallest absolute Gasteiger partial charge is 0.253 e. The van der Waals surface area contributed by atoms with Gasteiger partial charge in [0.1, 0.15) is 0 Å². The number of anilines is 1. The highest BCUT2D eigenvalue weighted by Gasteiger charge is 2.26. The fourth-order valence-corrected chi connectivity index (χ4v) is 4.52. The average molecular weight is 378 g/mol. The van der Waals surface area contributed by atoms with Gasteiger partial charge in [-0.05, 0) is 62.2 Å². The van der Waals surface area contributed by atoms with Crippen molar-refractivity contribution in [2.75, 3.05) is 51.2 Å². The van der Waals surface area contributed by atoms with Crippen LogP contribution in [0.5, 0.6) is 0 Å². The summed E-state index contributed by atoms with van der Waals surface area (Å²) in [6.45, 7) is 8.14. The lowest BCUT2D eigenvalue weighted by molar-refractivity contribution is 0.0707. The minimum atomic E-state index is 0.170. The fraction of sp³-hybridized carbons (Fsp3) is 0.458. The third-order valence-electron chi connectivity index (χ3n) is 6.32. The lowest BCUT2D eigenvalue weighted by Gasteiger charge is -2.35. The molecule has 1 atom stereocenters. The summed E-state index contributed by atoms with van der Waals surface area (Å²) in [5.74, 6) is 0.617. The number of amides is 1. The Bertz CT molecular complexity index is 809. The molecule has 28 heavy (non-hydrogen) atoms. The summed E-state index contributed by atoms with van der Waals surface area (Å²) >= 11 is 0. The number of piperazine rings is 1. The van der Waals surface area contributed by atoms with Gasteiger partial charge in [-0.3, -0.25) is 4.79 Å². The van der Waals surface area contributed by atoms with Crippen LogP contribution in [0.2, 0.25) is 0 Å². The van der Waals surface area contributed by atoms with Gasteiger partial charge in [-0.1, -0.05) is 24.3 Å². The van der Waals surface area contributed by atoms with E-state index in [2.05, 4.69) is 60.2 Å². The Morgan fingerprint density at radius 1 is 0.929 bits per heavy atom. The van der Waals surface area contributed by atoms with E-state index in [0.717, 1.165) is 57.7 Å². The number of carbonyl (C=O) groups excluding carboxylic acids is 1. The first-order valence-electron chi connectivity index (χ1n) is 10.5. The van der Waals surface area contributed by atoms with Gasteiger partial charge in [0.25, 0.3) is 5.91 Å². The molecule has 0 aliphatic carbocycles. The first-order chi connectivity index (χ1) is 13.6. The lowest BCUT2D eigenvalue weighted by atomic mass is 9.88. The van der Waals surface area contributed by atoms with E-state index in [4.69, 9.17) is 0 Å². The molecule has 4 rings (SSSR count). The highest BCUT2D eigenvalue weighted by atomic mass is 16.2. The topological polar surface area (TPSA) is 26.8 Å². The van der Waals surface area contributed by atoms with Crippen LogP contribution in [0, 0.1) is 6.92 Å². The summed E-state index contributed by atoms with van der Waals surface area (Å²) in [7, 11) is 2.17. The van der Waals surface area contributed by atoms with Gasteiger partial charge in [0.15, 0.2) is 0 Å². The van der Waals surface area contributed by atoms with E-state index in [1.54, 1.807) is 0 Å². The molecule has 2 heterocycles. The van der Waals surface area contributed by atoms with Crippen molar-refractivity contribution in [2.24, 2.45) is 0 Å². The quantitative estimate of drug-likeness (QED) is 0.815. The zero-order chi connectivity index (χ0) is 19.5. The Balaban J connectivity index is 1.43. The molecule has 0 radical (unpaired) electrons. The van der Waals surface area contributed by atoms with E-state index < -0.39 is 0 Å². The van der Waals surface area contributed by atoms with Gasteiger partial charge in [-0.25, -0.2) is 0 Å². The van der Waals surface area contributed by atoms with E-state index in [9.17, 15) is 4.79 Å². The van der Waals surface area contributed by atoms with Crippen molar-refractivity contribution >= 4 is 11.6 Å². The summed E-state index contributed by atoms with van der Waals surface area (Å²) in [5.41, 5.74) is 4.76. The summed E-state index contributed by atoms with van der Waals surface area (Å²) in [6, 6.07) is 16.8. The Hall–Kier alpha value is -2.33. The van der Waals surface area contributed by atoms with Crippen molar-refractivity contribution in [3.8, 4) is 0 Å². The van der Waals surface area contributed by atoms with Crippen LogP contribution in [0.1, 0.15) is 40.2 Å². The molecule has 0 unspecified atom stereocenters. The number of nitrogens with zero attached hydrogens (tertiary/aromatic N) is 3. The van der Waals surface area contributed by atoms with Gasteiger partial charge in [0, 0.05) is 56.4 Å². The van der Waals surface area contributed by atoms with Crippen LogP contribution in [0.25, 0.3) is 0 Å². The van der Waals surface area contributed by atoms with Crippen LogP contribution in [-0.4, -0.2) is 62.0 Å². The molecule has 0 aromatic heterocycles. The number of likely N-dealkylation sites (tertiary alicyclic amines) is 1. The first kappa shape index (κ1) is 19.0. The molecule has 1 amide bonds. The minimum Gasteiger partial charge on any atom is -0.369 e. The van der Waals surface area contributed by atoms with Crippen LogP contribution in [-0.2, 0) is 0 Å². The number of likely N-dealkylation sites (N-methyl/N-ethyl adjacent to an activating group) is 1. The lowest BCUT2D eigenvalue weighted by Crippen LogP contribution is -2.44. The molecule has 2 aromatic rings. The van der Waals surface area contributed by atoms with Gasteiger partial charge in [0.2, 0.25) is 0 Å². The zero-order valence-corrected chi connectivity index (χ0v) is 17.1. The molecule has 4 nitrogen and oxygen atoms in total. The number of hydrogen-bond donors (Lipinski definition) is 0. The van der Waals surface area contributed by atoms with Crippen molar-refractivity contribution in [1.29, 1.82) is 0 Å². The average Bonchev–Trinajstić information content (AvgIpc) is 2.74. The van der Waals surface area contributed by atoms with Crippen LogP contribution in [0.4, 0.5) is 5.69 Å². The molecule has 0 spiro atoms. The second kappa shape index (κ2) is 8.36. The Morgan fingerprint density at radius 3 is 2.36 bits per heavy atom. The second-order valence-corrected chi connectivity index (χ2v) is 8.28. The van der Waals surface area contributed by atoms with Crippen molar-refractivity contribution in [3.63, 3.8) is 0 Å². The van der Waals surface area contributed by atoms with Crippen LogP contribution < -0.4 is 4.90 Å². The fourth-order valence-electron chi connectivity index (χ4n) is 4.52. The van der Waals surface area contributed by atoms with Crippen LogP contribution >= 0.6 is 0 Å². The maximum absolute atomic E-state index is 13.1. The molecular formula is C24H31N3O. The summed E-state index contributed by atoms with van der Waals surface area (Å²) in [4.78, 5) is 19.9. The summed E-state index contributed by atoms with van der Waals surface area (Å²) < 4.78 is 0. The summed E-state index contributed by atoms with van der Waals surface area (Å²) in [5, 5.41) is 0. The highest BCUT2D eigenvalue weighted by molar-refractivity contribution is 5.94. The number of carbonyl (C=O) groups is 1. The van der Waals surface area contributed by atoms with Gasteiger partial charge in [0.05, 0.1) is 0 Å². The van der Waals surface area contributed by atoms with Gasteiger partial charge in [-0.15, -0.1) is 0 Å². The Labute approximate surface area is 168 Å². The molecular weight excluding hydrogens is 346 g/mol. The second-order valence-electron chi connectivity index (χ2n) is 8.28. The SMILES string of the molecule is Cc1ccccc1[C@H]1CCCN(C(=O)c2ccc(N3CCN(C)CC3)cc2)C1. The van der Waals surface area contributed by atoms with Gasteiger partial charge < -0.3 is 14.7 Å². The van der Waals surface area contributed by atoms with Crippen molar-refractivity contribution < 1.29 is 4.79 Å². The number of aryl methyl sites for hydroxylation is 1. The largest absolute Gasteiger partial charge is 0.369 e. The summed E-state index contributed by atoms with van der Waals surface area (Å²) in [6.07, 6.45) is 2.24. The van der Waals surface area contributed by atoms with E-state index >= 15 is 0 Å². The standard InChI is InChI=1S/C24H31N3O/c1-19-6-3-4-8-23(19)21-7-5-13-27(18-21)24(28)20-9-11-22(12-10-20)26-16-14-25(2)15-17-26/h3-4,6,8-12,21H,5,7,13-18H2,1-2H3/t21-/m0/s1. The third-order valence-corrected chi connectivity index (χ3v) is 6.32. The number of rotatable bonds is 3. The first-order valence-corrected chi connectivity index (χ1v) is 10.5. The van der Waals surface area contributed by atoms with Crippen molar-refractivity contribution in [1.82, 2.24) is 9.80 Å². The third kappa shape index (κ3) is 4.07. The molecule has 0 saturated carbocycles. The predicted octanol–water partition coefficient (Wildman–Crippen LogP) is 3.77. The molecule has 2 saturated heterocycles. The monoisotopic (exact) mass is 377 g/mol. The molecule has 148 valence electrons. The highest BCUT2D eigenvalue weighted by Crippen LogP contribution is 2.30. The van der Waals surface area contributed by atoms with E-state index in [1.165, 1.54) is 16.8 Å². The maximum Gasteiger partial charge on any atom is 0.253 e. The molecule has 2 aromatic carbocycles. The zero-order valence-electron chi connectivity index (χ0n) is 17.1. The maximum atomic E-state index is 13.1. The molecule has 2 aliphatic rings. The Kier molecular flexibility index (Phi) is 5.67. The van der Waals surface area contributed by atoms with E-state index in [0.29, 0.717) is 5.92 Å². The number of hydrogen-bond acceptors (Lipinski definition) is 3. The molecule has 0 N–H and O–H groups in total. The van der Waals surface area contributed by atoms with Gasteiger partial charge in [-0.2, -0.15) is 0 Å². The minimum absolute atomic E-state index is 0.170. The van der Waals surface area contributed by atoms with E-state index in [1.807, 2.05) is 17.0 Å². The van der Waals surface area contributed by atoms with Gasteiger partial charge >= 0.3 is 0 Å². The molecule has 4 heteroatoms. The van der Waals surface area contributed by atoms with Crippen molar-refractivity contribution in [3.05, 3.63) is 65.2 Å². The van der Waals surface area contributed by atoms with Crippen LogP contribution in [0.3, 0.4) is 0 Å². The van der Waals surface area contributed by atoms with E-state index in [-0.39, 0.29) is 5.91 Å².